The van der Waals surface area contributed by atoms with Crippen LogP contribution in [-0.4, -0.2) is 11.3 Å². The van der Waals surface area contributed by atoms with Crippen molar-refractivity contribution in [3.8, 4) is 17.2 Å². The molecule has 0 aromatic heterocycles. The summed E-state index contributed by atoms with van der Waals surface area (Å²) in [6.07, 6.45) is 0.493. The SMILES string of the molecule is CCC(Cl)C(=O)Oc1ccc(Oc2ccc(N)cc2)c(Cl)c1. The molecule has 0 aliphatic carbocycles. The minimum absolute atomic E-state index is 0.318. The highest BCUT2D eigenvalue weighted by atomic mass is 35.5. The molecule has 0 aliphatic rings. The van der Waals surface area contributed by atoms with Gasteiger partial charge in [0.15, 0.2) is 0 Å². The molecule has 2 rings (SSSR count). The molecule has 0 saturated carbocycles. The smallest absolute Gasteiger partial charge is 0.329 e. The molecule has 0 heterocycles. The second-order valence-electron chi connectivity index (χ2n) is 4.56. The zero-order valence-corrected chi connectivity index (χ0v) is 13.4. The van der Waals surface area contributed by atoms with Gasteiger partial charge < -0.3 is 15.2 Å². The lowest BCUT2D eigenvalue weighted by molar-refractivity contribution is -0.134. The van der Waals surface area contributed by atoms with Gasteiger partial charge in [-0.3, -0.25) is 4.79 Å². The van der Waals surface area contributed by atoms with Gasteiger partial charge in [-0.15, -0.1) is 11.6 Å². The lowest BCUT2D eigenvalue weighted by atomic mass is 10.3. The molecule has 0 amide bonds. The van der Waals surface area contributed by atoms with Crippen molar-refractivity contribution in [1.29, 1.82) is 0 Å². The number of halogens is 2. The number of anilines is 1. The number of nitrogen functional groups attached to an aromatic ring is 1. The molecule has 0 aliphatic heterocycles. The monoisotopic (exact) mass is 339 g/mol. The van der Waals surface area contributed by atoms with E-state index in [0.29, 0.717) is 34.4 Å². The first-order valence-electron chi connectivity index (χ1n) is 6.68. The van der Waals surface area contributed by atoms with Crippen LogP contribution in [0.4, 0.5) is 5.69 Å². The van der Waals surface area contributed by atoms with Gasteiger partial charge in [-0.05, 0) is 42.8 Å². The summed E-state index contributed by atoms with van der Waals surface area (Å²) in [5, 5.41) is -0.353. The van der Waals surface area contributed by atoms with Gasteiger partial charge in [-0.2, -0.15) is 0 Å². The van der Waals surface area contributed by atoms with Crippen molar-refractivity contribution in [2.45, 2.75) is 18.7 Å². The van der Waals surface area contributed by atoms with Gasteiger partial charge in [-0.1, -0.05) is 18.5 Å². The summed E-state index contributed by atoms with van der Waals surface area (Å²) in [5.74, 6) is 0.864. The molecule has 0 saturated heterocycles. The van der Waals surface area contributed by atoms with Crippen molar-refractivity contribution < 1.29 is 14.3 Å². The highest BCUT2D eigenvalue weighted by molar-refractivity contribution is 6.32. The van der Waals surface area contributed by atoms with Crippen LogP contribution in [0.1, 0.15) is 13.3 Å². The third kappa shape index (κ3) is 4.29. The van der Waals surface area contributed by atoms with E-state index in [1.807, 2.05) is 0 Å². The quantitative estimate of drug-likeness (QED) is 0.373. The van der Waals surface area contributed by atoms with Gasteiger partial charge in [0.05, 0.1) is 5.02 Å². The molecule has 0 spiro atoms. The average Bonchev–Trinajstić information content (AvgIpc) is 2.51. The van der Waals surface area contributed by atoms with Gasteiger partial charge in [0.2, 0.25) is 0 Å². The minimum Gasteiger partial charge on any atom is -0.456 e. The van der Waals surface area contributed by atoms with Crippen molar-refractivity contribution in [2.24, 2.45) is 0 Å². The second kappa shape index (κ2) is 7.38. The van der Waals surface area contributed by atoms with Crippen LogP contribution in [0.5, 0.6) is 17.2 Å². The number of alkyl halides is 1. The Balaban J connectivity index is 2.09. The van der Waals surface area contributed by atoms with Crippen LogP contribution < -0.4 is 15.2 Å². The van der Waals surface area contributed by atoms with Crippen LogP contribution in [0.2, 0.25) is 5.02 Å². The molecule has 2 aromatic carbocycles. The zero-order chi connectivity index (χ0) is 16.1. The number of rotatable bonds is 5. The van der Waals surface area contributed by atoms with E-state index >= 15 is 0 Å². The molecule has 2 N–H and O–H groups in total. The van der Waals surface area contributed by atoms with Crippen molar-refractivity contribution in [3.63, 3.8) is 0 Å². The van der Waals surface area contributed by atoms with Crippen molar-refractivity contribution in [1.82, 2.24) is 0 Å². The van der Waals surface area contributed by atoms with Gasteiger partial charge in [0, 0.05) is 11.8 Å². The summed E-state index contributed by atoms with van der Waals surface area (Å²) in [7, 11) is 0. The largest absolute Gasteiger partial charge is 0.456 e. The van der Waals surface area contributed by atoms with Crippen LogP contribution in [0.25, 0.3) is 0 Å². The summed E-state index contributed by atoms with van der Waals surface area (Å²) in [5.41, 5.74) is 6.26. The molecular formula is C16H15Cl2NO3. The summed E-state index contributed by atoms with van der Waals surface area (Å²) in [6.45, 7) is 1.80. The Labute approximate surface area is 138 Å². The van der Waals surface area contributed by atoms with Crippen molar-refractivity contribution in [2.75, 3.05) is 5.73 Å². The lowest BCUT2D eigenvalue weighted by Gasteiger charge is -2.11. The second-order valence-corrected chi connectivity index (χ2v) is 5.49. The number of carbonyl (C=O) groups excluding carboxylic acids is 1. The molecule has 2 aromatic rings. The molecular weight excluding hydrogens is 325 g/mol. The first kappa shape index (κ1) is 16.5. The van der Waals surface area contributed by atoms with E-state index < -0.39 is 11.3 Å². The van der Waals surface area contributed by atoms with Gasteiger partial charge in [0.1, 0.15) is 22.6 Å². The van der Waals surface area contributed by atoms with Crippen molar-refractivity contribution in [3.05, 3.63) is 47.5 Å². The van der Waals surface area contributed by atoms with E-state index in [1.54, 1.807) is 43.3 Å². The Morgan fingerprint density at radius 3 is 2.41 bits per heavy atom. The molecule has 1 atom stereocenters. The fraction of sp³-hybridized carbons (Fsp3) is 0.188. The fourth-order valence-electron chi connectivity index (χ4n) is 1.64. The van der Waals surface area contributed by atoms with Crippen LogP contribution in [0.3, 0.4) is 0 Å². The Morgan fingerprint density at radius 2 is 1.82 bits per heavy atom. The maximum Gasteiger partial charge on any atom is 0.329 e. The van der Waals surface area contributed by atoms with Gasteiger partial charge >= 0.3 is 5.97 Å². The number of nitrogens with two attached hydrogens (primary N) is 1. The third-order valence-corrected chi connectivity index (χ3v) is 3.63. The molecule has 22 heavy (non-hydrogen) atoms. The van der Waals surface area contributed by atoms with Crippen molar-refractivity contribution >= 4 is 34.9 Å². The highest BCUT2D eigenvalue weighted by Crippen LogP contribution is 2.33. The normalized spacial score (nSPS) is 11.8. The summed E-state index contributed by atoms with van der Waals surface area (Å²) in [6, 6.07) is 11.6. The van der Waals surface area contributed by atoms with Gasteiger partial charge in [0.25, 0.3) is 0 Å². The summed E-state index contributed by atoms with van der Waals surface area (Å²) >= 11 is 11.9. The van der Waals surface area contributed by atoms with E-state index in [1.165, 1.54) is 6.07 Å². The molecule has 0 fully saturated rings. The molecule has 0 bridgehead atoms. The van der Waals surface area contributed by atoms with Crippen LogP contribution in [0.15, 0.2) is 42.5 Å². The fourth-order valence-corrected chi connectivity index (χ4v) is 1.89. The zero-order valence-electron chi connectivity index (χ0n) is 11.9. The van der Waals surface area contributed by atoms with E-state index in [0.717, 1.165) is 0 Å². The number of hydrogen-bond donors (Lipinski definition) is 1. The predicted molar refractivity (Wildman–Crippen MR) is 87.9 cm³/mol. The first-order valence-corrected chi connectivity index (χ1v) is 7.49. The van der Waals surface area contributed by atoms with Crippen LogP contribution >= 0.6 is 23.2 Å². The molecule has 1 unspecified atom stereocenters. The standard InChI is InChI=1S/C16H15Cl2NO3/c1-2-13(17)16(20)22-12-7-8-15(14(18)9-12)21-11-5-3-10(19)4-6-11/h3-9,13H,2,19H2,1H3. The van der Waals surface area contributed by atoms with E-state index in [4.69, 9.17) is 38.4 Å². The maximum absolute atomic E-state index is 11.6. The van der Waals surface area contributed by atoms with Gasteiger partial charge in [-0.25, -0.2) is 0 Å². The molecule has 116 valence electrons. The lowest BCUT2D eigenvalue weighted by Crippen LogP contribution is -2.19. The Kier molecular flexibility index (Phi) is 5.52. The van der Waals surface area contributed by atoms with E-state index in [9.17, 15) is 4.79 Å². The van der Waals surface area contributed by atoms with Crippen LogP contribution in [0, 0.1) is 0 Å². The minimum atomic E-state index is -0.676. The highest BCUT2D eigenvalue weighted by Gasteiger charge is 2.16. The maximum atomic E-state index is 11.6. The topological polar surface area (TPSA) is 61.5 Å². The van der Waals surface area contributed by atoms with E-state index in [2.05, 4.69) is 0 Å². The molecule has 0 radical (unpaired) electrons. The molecule has 6 heteroatoms. The number of esters is 1. The molecule has 4 nitrogen and oxygen atoms in total. The average molecular weight is 340 g/mol. The third-order valence-electron chi connectivity index (χ3n) is 2.84. The first-order chi connectivity index (χ1) is 10.5. The summed E-state index contributed by atoms with van der Waals surface area (Å²) in [4.78, 5) is 11.6. The number of carbonyl (C=O) groups is 1. The number of benzene rings is 2. The number of ether oxygens (including phenoxy) is 2. The Morgan fingerprint density at radius 1 is 1.18 bits per heavy atom. The van der Waals surface area contributed by atoms with E-state index in [-0.39, 0.29) is 0 Å². The Hall–Kier alpha value is -1.91. The number of hydrogen-bond acceptors (Lipinski definition) is 4. The Bertz CT molecular complexity index is 659. The summed E-state index contributed by atoms with van der Waals surface area (Å²) < 4.78 is 10.8. The predicted octanol–water partition coefficient (Wildman–Crippen LogP) is 4.64. The van der Waals surface area contributed by atoms with Crippen LogP contribution in [-0.2, 0) is 4.79 Å².